The molecule has 6 heteroatoms. The highest BCUT2D eigenvalue weighted by molar-refractivity contribution is 9.10. The maximum atomic E-state index is 11.9. The zero-order valence-corrected chi connectivity index (χ0v) is 11.9. The van der Waals surface area contributed by atoms with Crippen LogP contribution in [0.5, 0.6) is 0 Å². The fraction of sp³-hybridized carbons (Fsp3) is 0.333. The van der Waals surface area contributed by atoms with Crippen LogP contribution >= 0.6 is 15.9 Å². The Balaban J connectivity index is 2.70. The summed E-state index contributed by atoms with van der Waals surface area (Å²) in [5.74, 6) is -0.519. The summed E-state index contributed by atoms with van der Waals surface area (Å²) < 4.78 is 0.654. The molecule has 1 aromatic rings. The van der Waals surface area contributed by atoms with Crippen LogP contribution in [-0.4, -0.2) is 24.4 Å². The molecule has 0 saturated heterocycles. The third-order valence-electron chi connectivity index (χ3n) is 2.35. The molecule has 0 aromatic heterocycles. The van der Waals surface area contributed by atoms with E-state index in [9.17, 15) is 9.59 Å². The van der Waals surface area contributed by atoms with Crippen LogP contribution in [0.15, 0.2) is 22.7 Å². The van der Waals surface area contributed by atoms with E-state index in [1.807, 2.05) is 6.92 Å². The zero-order chi connectivity index (χ0) is 13.7. The molecule has 1 atom stereocenters. The van der Waals surface area contributed by atoms with Crippen molar-refractivity contribution in [2.45, 2.75) is 19.9 Å². The molecular weight excluding hydrogens is 298 g/mol. The van der Waals surface area contributed by atoms with Crippen LogP contribution in [0.3, 0.4) is 0 Å². The Bertz CT molecular complexity index is 463. The van der Waals surface area contributed by atoms with Gasteiger partial charge in [-0.05, 0) is 48.0 Å². The van der Waals surface area contributed by atoms with Gasteiger partial charge >= 0.3 is 0 Å². The number of amides is 2. The molecule has 0 heterocycles. The van der Waals surface area contributed by atoms with Crippen molar-refractivity contribution in [2.24, 2.45) is 0 Å². The van der Waals surface area contributed by atoms with E-state index in [2.05, 4.69) is 26.6 Å². The van der Waals surface area contributed by atoms with E-state index >= 15 is 0 Å². The predicted molar refractivity (Wildman–Crippen MR) is 74.2 cm³/mol. The van der Waals surface area contributed by atoms with E-state index < -0.39 is 6.04 Å². The number of likely N-dealkylation sites (N-methyl/N-ethyl adjacent to an activating group) is 1. The van der Waals surface area contributed by atoms with Gasteiger partial charge in [0.2, 0.25) is 5.91 Å². The largest absolute Gasteiger partial charge is 0.398 e. The van der Waals surface area contributed by atoms with E-state index in [1.54, 1.807) is 25.1 Å². The summed E-state index contributed by atoms with van der Waals surface area (Å²) in [6.45, 7) is 3.99. The van der Waals surface area contributed by atoms with Gasteiger partial charge in [0, 0.05) is 22.3 Å². The number of halogens is 1. The third kappa shape index (κ3) is 3.73. The lowest BCUT2D eigenvalue weighted by atomic mass is 10.2. The summed E-state index contributed by atoms with van der Waals surface area (Å²) in [7, 11) is 0. The summed E-state index contributed by atoms with van der Waals surface area (Å²) >= 11 is 3.25. The van der Waals surface area contributed by atoms with Crippen molar-refractivity contribution in [3.63, 3.8) is 0 Å². The molecule has 0 saturated carbocycles. The van der Waals surface area contributed by atoms with Gasteiger partial charge in [-0.3, -0.25) is 9.59 Å². The highest BCUT2D eigenvalue weighted by Gasteiger charge is 2.16. The topological polar surface area (TPSA) is 84.2 Å². The van der Waals surface area contributed by atoms with Crippen molar-refractivity contribution in [1.82, 2.24) is 10.6 Å². The second-order valence-corrected chi connectivity index (χ2v) is 4.68. The van der Waals surface area contributed by atoms with Crippen molar-refractivity contribution in [1.29, 1.82) is 0 Å². The second-order valence-electron chi connectivity index (χ2n) is 3.83. The highest BCUT2D eigenvalue weighted by atomic mass is 79.9. The van der Waals surface area contributed by atoms with Crippen LogP contribution < -0.4 is 16.4 Å². The van der Waals surface area contributed by atoms with Crippen LogP contribution in [0, 0.1) is 0 Å². The van der Waals surface area contributed by atoms with Crippen LogP contribution in [0.25, 0.3) is 0 Å². The molecule has 4 N–H and O–H groups in total. The zero-order valence-electron chi connectivity index (χ0n) is 10.3. The number of hydrogen-bond acceptors (Lipinski definition) is 3. The number of rotatable bonds is 4. The summed E-state index contributed by atoms with van der Waals surface area (Å²) in [6, 6.07) is 4.29. The number of anilines is 1. The first kappa shape index (κ1) is 14.5. The number of nitrogens with two attached hydrogens (primary N) is 1. The number of hydrogen-bond donors (Lipinski definition) is 3. The average Bonchev–Trinajstić information content (AvgIpc) is 2.32. The average molecular weight is 314 g/mol. The number of nitrogens with one attached hydrogen (secondary N) is 2. The molecule has 18 heavy (non-hydrogen) atoms. The van der Waals surface area contributed by atoms with Crippen molar-refractivity contribution < 1.29 is 9.59 Å². The molecular formula is C12H16BrN3O2. The molecule has 0 bridgehead atoms. The number of carbonyl (C=O) groups is 2. The smallest absolute Gasteiger partial charge is 0.251 e. The minimum absolute atomic E-state index is 0.208. The van der Waals surface area contributed by atoms with E-state index in [1.165, 1.54) is 0 Å². The number of carbonyl (C=O) groups excluding carboxylic acids is 2. The maximum Gasteiger partial charge on any atom is 0.251 e. The van der Waals surface area contributed by atoms with Crippen molar-refractivity contribution >= 4 is 33.4 Å². The van der Waals surface area contributed by atoms with Gasteiger partial charge in [0.25, 0.3) is 5.91 Å². The van der Waals surface area contributed by atoms with E-state index in [4.69, 9.17) is 5.73 Å². The lowest BCUT2D eigenvalue weighted by Crippen LogP contribution is -2.44. The lowest BCUT2D eigenvalue weighted by Gasteiger charge is -2.13. The van der Waals surface area contributed by atoms with Gasteiger partial charge in [-0.1, -0.05) is 0 Å². The van der Waals surface area contributed by atoms with Gasteiger partial charge in [0.05, 0.1) is 0 Å². The third-order valence-corrected chi connectivity index (χ3v) is 3.04. The summed E-state index contributed by atoms with van der Waals surface area (Å²) in [5.41, 5.74) is 6.64. The van der Waals surface area contributed by atoms with Crippen LogP contribution in [0.1, 0.15) is 24.2 Å². The van der Waals surface area contributed by atoms with E-state index in [0.29, 0.717) is 22.3 Å². The Labute approximate surface area is 114 Å². The van der Waals surface area contributed by atoms with E-state index in [0.717, 1.165) is 0 Å². The molecule has 1 rings (SSSR count). The van der Waals surface area contributed by atoms with Gasteiger partial charge in [-0.25, -0.2) is 0 Å². The quantitative estimate of drug-likeness (QED) is 0.732. The second kappa shape index (κ2) is 6.39. The molecule has 2 amide bonds. The van der Waals surface area contributed by atoms with Gasteiger partial charge < -0.3 is 16.4 Å². The summed E-state index contributed by atoms with van der Waals surface area (Å²) in [6.07, 6.45) is 0. The molecule has 0 aliphatic rings. The Kier molecular flexibility index (Phi) is 5.15. The predicted octanol–water partition coefficient (Wildman–Crippen LogP) is 1.29. The molecule has 5 nitrogen and oxygen atoms in total. The van der Waals surface area contributed by atoms with Gasteiger partial charge in [-0.15, -0.1) is 0 Å². The van der Waals surface area contributed by atoms with E-state index in [-0.39, 0.29) is 11.8 Å². The molecule has 0 aliphatic carbocycles. The highest BCUT2D eigenvalue weighted by Crippen LogP contribution is 2.20. The first-order valence-electron chi connectivity index (χ1n) is 5.59. The minimum Gasteiger partial charge on any atom is -0.398 e. The standard InChI is InChI=1S/C12H16BrN3O2/c1-3-15-11(17)7(2)16-12(18)8-4-5-10(14)9(13)6-8/h4-7H,3,14H2,1-2H3,(H,15,17)(H,16,18). The van der Waals surface area contributed by atoms with Crippen molar-refractivity contribution in [3.05, 3.63) is 28.2 Å². The molecule has 1 unspecified atom stereocenters. The Morgan fingerprint density at radius 2 is 2.11 bits per heavy atom. The molecule has 0 radical (unpaired) electrons. The Morgan fingerprint density at radius 1 is 1.44 bits per heavy atom. The normalized spacial score (nSPS) is 11.7. The Morgan fingerprint density at radius 3 is 2.67 bits per heavy atom. The first-order chi connectivity index (χ1) is 8.45. The van der Waals surface area contributed by atoms with Crippen LogP contribution in [0.2, 0.25) is 0 Å². The maximum absolute atomic E-state index is 11.9. The lowest BCUT2D eigenvalue weighted by molar-refractivity contribution is -0.122. The number of benzene rings is 1. The molecule has 98 valence electrons. The molecule has 0 spiro atoms. The Hall–Kier alpha value is -1.56. The number of nitrogen functional groups attached to an aromatic ring is 1. The van der Waals surface area contributed by atoms with Crippen molar-refractivity contribution in [2.75, 3.05) is 12.3 Å². The van der Waals surface area contributed by atoms with Gasteiger partial charge in [-0.2, -0.15) is 0 Å². The SMILES string of the molecule is CCNC(=O)C(C)NC(=O)c1ccc(N)c(Br)c1. The fourth-order valence-electron chi connectivity index (χ4n) is 1.34. The molecule has 0 fully saturated rings. The first-order valence-corrected chi connectivity index (χ1v) is 6.38. The molecule has 0 aliphatic heterocycles. The van der Waals surface area contributed by atoms with Gasteiger partial charge in [0.1, 0.15) is 6.04 Å². The monoisotopic (exact) mass is 313 g/mol. The summed E-state index contributed by atoms with van der Waals surface area (Å²) in [4.78, 5) is 23.4. The fourth-order valence-corrected chi connectivity index (χ4v) is 1.72. The summed E-state index contributed by atoms with van der Waals surface area (Å²) in [5, 5.41) is 5.25. The minimum atomic E-state index is -0.575. The van der Waals surface area contributed by atoms with Gasteiger partial charge in [0.15, 0.2) is 0 Å². The van der Waals surface area contributed by atoms with Crippen LogP contribution in [0.4, 0.5) is 5.69 Å². The van der Waals surface area contributed by atoms with Crippen LogP contribution in [-0.2, 0) is 4.79 Å². The van der Waals surface area contributed by atoms with Crippen molar-refractivity contribution in [3.8, 4) is 0 Å². The molecule has 1 aromatic carbocycles.